The third kappa shape index (κ3) is 4.31. The first kappa shape index (κ1) is 19.7. The molecule has 0 bridgehead atoms. The van der Waals surface area contributed by atoms with Gasteiger partial charge in [0.05, 0.1) is 6.10 Å². The molecule has 1 saturated heterocycles. The van der Waals surface area contributed by atoms with Crippen LogP contribution in [0.25, 0.3) is 0 Å². The van der Waals surface area contributed by atoms with E-state index in [0.717, 1.165) is 30.2 Å². The molecular formula is C18H26BrClN2O2. The molecule has 2 atom stereocenters. The summed E-state index contributed by atoms with van der Waals surface area (Å²) in [6, 6.07) is 8.53. The number of carbonyl (C=O) groups excluding carboxylic acids is 1. The lowest BCUT2D eigenvalue weighted by atomic mass is 9.79. The molecule has 0 spiro atoms. The third-order valence-electron chi connectivity index (χ3n) is 5.28. The first-order valence-corrected chi connectivity index (χ1v) is 9.31. The zero-order valence-electron chi connectivity index (χ0n) is 13.8. The molecule has 1 aliphatic carbocycles. The van der Waals surface area contributed by atoms with Gasteiger partial charge in [-0.2, -0.15) is 0 Å². The van der Waals surface area contributed by atoms with Crippen LogP contribution in [0.5, 0.6) is 0 Å². The highest BCUT2D eigenvalue weighted by atomic mass is 79.9. The highest BCUT2D eigenvalue weighted by molar-refractivity contribution is 9.10. The van der Waals surface area contributed by atoms with Crippen LogP contribution in [0, 0.1) is 0 Å². The van der Waals surface area contributed by atoms with Gasteiger partial charge < -0.3 is 15.8 Å². The number of nitrogens with one attached hydrogen (secondary N) is 1. The van der Waals surface area contributed by atoms with E-state index < -0.39 is 0 Å². The van der Waals surface area contributed by atoms with Crippen molar-refractivity contribution in [1.82, 2.24) is 5.32 Å². The number of nitrogens with two attached hydrogens (primary N) is 1. The first-order chi connectivity index (χ1) is 11.1. The number of carbonyl (C=O) groups is 1. The van der Waals surface area contributed by atoms with Crippen LogP contribution in [0.2, 0.25) is 0 Å². The minimum atomic E-state index is -0.327. The second-order valence-electron chi connectivity index (χ2n) is 6.77. The summed E-state index contributed by atoms with van der Waals surface area (Å²) in [7, 11) is 0. The molecule has 1 amide bonds. The minimum absolute atomic E-state index is 0. The van der Waals surface area contributed by atoms with Gasteiger partial charge in [-0.15, -0.1) is 12.4 Å². The standard InChI is InChI=1S/C18H25BrN2O2.ClH/c19-14-5-3-13(4-6-14)18(9-1-2-10-18)12-21-17(22)16-8-7-15(11-20)23-16;/h3-6,15-16H,1-2,7-12,20H2,(H,21,22);1H/t15-,16+;/m1./s1. The van der Waals surface area contributed by atoms with Crippen LogP contribution in [-0.2, 0) is 14.9 Å². The summed E-state index contributed by atoms with van der Waals surface area (Å²) < 4.78 is 6.79. The molecule has 2 aliphatic rings. The summed E-state index contributed by atoms with van der Waals surface area (Å²) in [6.45, 7) is 1.19. The summed E-state index contributed by atoms with van der Waals surface area (Å²) in [5, 5.41) is 3.15. The van der Waals surface area contributed by atoms with Crippen molar-refractivity contribution in [3.63, 3.8) is 0 Å². The zero-order chi connectivity index (χ0) is 16.3. The molecular weight excluding hydrogens is 392 g/mol. The van der Waals surface area contributed by atoms with E-state index in [1.165, 1.54) is 18.4 Å². The Balaban J connectivity index is 0.00000208. The van der Waals surface area contributed by atoms with Crippen molar-refractivity contribution < 1.29 is 9.53 Å². The first-order valence-electron chi connectivity index (χ1n) is 8.52. The number of halogens is 2. The fourth-order valence-corrected chi connectivity index (χ4v) is 4.13. The summed E-state index contributed by atoms with van der Waals surface area (Å²) in [5.41, 5.74) is 7.01. The Bertz CT molecular complexity index is 546. The van der Waals surface area contributed by atoms with Crippen molar-refractivity contribution in [3.05, 3.63) is 34.3 Å². The van der Waals surface area contributed by atoms with Crippen LogP contribution in [0.1, 0.15) is 44.1 Å². The quantitative estimate of drug-likeness (QED) is 0.772. The number of amides is 1. The Hall–Kier alpha value is -0.620. The third-order valence-corrected chi connectivity index (χ3v) is 5.81. The Kier molecular flexibility index (Phi) is 7.10. The van der Waals surface area contributed by atoms with E-state index in [1.54, 1.807) is 0 Å². The number of hydrogen-bond donors (Lipinski definition) is 2. The van der Waals surface area contributed by atoms with E-state index in [-0.39, 0.29) is 35.9 Å². The van der Waals surface area contributed by atoms with Crippen molar-refractivity contribution in [2.75, 3.05) is 13.1 Å². The van der Waals surface area contributed by atoms with E-state index in [4.69, 9.17) is 10.5 Å². The van der Waals surface area contributed by atoms with Crippen LogP contribution in [0.3, 0.4) is 0 Å². The van der Waals surface area contributed by atoms with Crippen molar-refractivity contribution in [1.29, 1.82) is 0 Å². The largest absolute Gasteiger partial charge is 0.364 e. The summed E-state index contributed by atoms with van der Waals surface area (Å²) in [4.78, 5) is 12.4. The van der Waals surface area contributed by atoms with Crippen molar-refractivity contribution in [2.45, 2.75) is 56.1 Å². The normalized spacial score (nSPS) is 25.2. The predicted molar refractivity (Wildman–Crippen MR) is 101 cm³/mol. The zero-order valence-corrected chi connectivity index (χ0v) is 16.2. The second-order valence-corrected chi connectivity index (χ2v) is 7.69. The van der Waals surface area contributed by atoms with Gasteiger partial charge in [-0.3, -0.25) is 4.79 Å². The predicted octanol–water partition coefficient (Wildman–Crippen LogP) is 3.31. The Morgan fingerprint density at radius 3 is 2.50 bits per heavy atom. The summed E-state index contributed by atoms with van der Waals surface area (Å²) in [5.74, 6) is 0.0179. The maximum atomic E-state index is 12.4. The lowest BCUT2D eigenvalue weighted by Gasteiger charge is -2.30. The molecule has 1 aromatic rings. The van der Waals surface area contributed by atoms with E-state index in [0.29, 0.717) is 13.1 Å². The average Bonchev–Trinajstić information content (AvgIpc) is 3.23. The molecule has 134 valence electrons. The number of benzene rings is 1. The molecule has 0 unspecified atom stereocenters. The SMILES string of the molecule is Cl.NC[C@H]1CC[C@@H](C(=O)NCC2(c3ccc(Br)cc3)CCCC2)O1. The van der Waals surface area contributed by atoms with Gasteiger partial charge in [0.1, 0.15) is 6.10 Å². The summed E-state index contributed by atoms with van der Waals surface area (Å²) in [6.07, 6.45) is 6.08. The maximum Gasteiger partial charge on any atom is 0.249 e. The topological polar surface area (TPSA) is 64.4 Å². The molecule has 0 radical (unpaired) electrons. The van der Waals surface area contributed by atoms with E-state index in [9.17, 15) is 4.79 Å². The number of hydrogen-bond acceptors (Lipinski definition) is 3. The smallest absolute Gasteiger partial charge is 0.249 e. The molecule has 3 N–H and O–H groups in total. The lowest BCUT2D eigenvalue weighted by molar-refractivity contribution is -0.132. The van der Waals surface area contributed by atoms with Gasteiger partial charge in [0.25, 0.3) is 0 Å². The van der Waals surface area contributed by atoms with Crippen molar-refractivity contribution in [3.8, 4) is 0 Å². The number of ether oxygens (including phenoxy) is 1. The fraction of sp³-hybridized carbons (Fsp3) is 0.611. The fourth-order valence-electron chi connectivity index (χ4n) is 3.86. The van der Waals surface area contributed by atoms with E-state index in [2.05, 4.69) is 45.5 Å². The van der Waals surface area contributed by atoms with Gasteiger partial charge in [0.15, 0.2) is 0 Å². The van der Waals surface area contributed by atoms with Crippen LogP contribution in [0.15, 0.2) is 28.7 Å². The van der Waals surface area contributed by atoms with Crippen LogP contribution < -0.4 is 11.1 Å². The average molecular weight is 418 g/mol. The van der Waals surface area contributed by atoms with Crippen molar-refractivity contribution >= 4 is 34.2 Å². The molecule has 1 heterocycles. The van der Waals surface area contributed by atoms with Gasteiger partial charge in [0.2, 0.25) is 5.91 Å². The lowest BCUT2D eigenvalue weighted by Crippen LogP contribution is -2.43. The Labute approximate surface area is 158 Å². The maximum absolute atomic E-state index is 12.4. The van der Waals surface area contributed by atoms with Gasteiger partial charge in [-0.1, -0.05) is 40.9 Å². The van der Waals surface area contributed by atoms with Gasteiger partial charge in [-0.25, -0.2) is 0 Å². The van der Waals surface area contributed by atoms with Crippen molar-refractivity contribution in [2.24, 2.45) is 5.73 Å². The van der Waals surface area contributed by atoms with Gasteiger partial charge in [-0.05, 0) is 43.4 Å². The van der Waals surface area contributed by atoms with Crippen LogP contribution >= 0.6 is 28.3 Å². The highest BCUT2D eigenvalue weighted by Crippen LogP contribution is 2.41. The monoisotopic (exact) mass is 416 g/mol. The minimum Gasteiger partial charge on any atom is -0.364 e. The second kappa shape index (κ2) is 8.65. The molecule has 3 rings (SSSR count). The molecule has 4 nitrogen and oxygen atoms in total. The van der Waals surface area contributed by atoms with E-state index >= 15 is 0 Å². The molecule has 1 saturated carbocycles. The van der Waals surface area contributed by atoms with Gasteiger partial charge in [0, 0.05) is 23.0 Å². The van der Waals surface area contributed by atoms with Crippen LogP contribution in [0.4, 0.5) is 0 Å². The van der Waals surface area contributed by atoms with Gasteiger partial charge >= 0.3 is 0 Å². The van der Waals surface area contributed by atoms with Crippen LogP contribution in [-0.4, -0.2) is 31.2 Å². The molecule has 1 aliphatic heterocycles. The number of rotatable bonds is 5. The molecule has 1 aromatic carbocycles. The Morgan fingerprint density at radius 2 is 1.92 bits per heavy atom. The Morgan fingerprint density at radius 1 is 1.25 bits per heavy atom. The molecule has 6 heteroatoms. The highest BCUT2D eigenvalue weighted by Gasteiger charge is 2.37. The van der Waals surface area contributed by atoms with E-state index in [1.807, 2.05) is 0 Å². The molecule has 2 fully saturated rings. The summed E-state index contributed by atoms with van der Waals surface area (Å²) >= 11 is 3.49. The molecule has 24 heavy (non-hydrogen) atoms. The molecule has 0 aromatic heterocycles.